The maximum absolute atomic E-state index is 6.28. The van der Waals surface area contributed by atoms with Gasteiger partial charge < -0.3 is 20.4 Å². The lowest BCUT2D eigenvalue weighted by Crippen LogP contribution is -2.13. The van der Waals surface area contributed by atoms with E-state index in [-0.39, 0.29) is 0 Å². The molecule has 4 heterocycles. The van der Waals surface area contributed by atoms with E-state index in [0.29, 0.717) is 11.9 Å². The molecular weight excluding hydrogens is 358 g/mol. The monoisotopic (exact) mass is 379 g/mol. The lowest BCUT2D eigenvalue weighted by molar-refractivity contribution is 0.420. The SMILES string of the molecule is COc1cc(C)cc2cc(-c3cn([C@@H]4CCNC4)c4ncnc(N)c34)sc12. The number of rotatable bonds is 3. The van der Waals surface area contributed by atoms with Crippen LogP contribution in [0.1, 0.15) is 18.0 Å². The quantitative estimate of drug-likeness (QED) is 0.567. The van der Waals surface area contributed by atoms with Crippen molar-refractivity contribution in [2.24, 2.45) is 0 Å². The molecule has 3 aromatic heterocycles. The van der Waals surface area contributed by atoms with Crippen molar-refractivity contribution in [2.45, 2.75) is 19.4 Å². The number of hydrogen-bond donors (Lipinski definition) is 2. The fourth-order valence-corrected chi connectivity index (χ4v) is 5.15. The number of aromatic nitrogens is 3. The summed E-state index contributed by atoms with van der Waals surface area (Å²) in [6, 6.07) is 6.88. The number of nitrogen functional groups attached to an aromatic ring is 1. The van der Waals surface area contributed by atoms with E-state index in [0.717, 1.165) is 51.4 Å². The first kappa shape index (κ1) is 16.5. The van der Waals surface area contributed by atoms with Crippen LogP contribution in [0, 0.1) is 6.92 Å². The lowest BCUT2D eigenvalue weighted by Gasteiger charge is -2.11. The molecule has 0 bridgehead atoms. The topological polar surface area (TPSA) is 78.0 Å². The summed E-state index contributed by atoms with van der Waals surface area (Å²) < 4.78 is 9.01. The Balaban J connectivity index is 1.76. The molecule has 1 atom stereocenters. The van der Waals surface area contributed by atoms with Gasteiger partial charge in [-0.05, 0) is 43.0 Å². The lowest BCUT2D eigenvalue weighted by atomic mass is 10.1. The van der Waals surface area contributed by atoms with Crippen LogP contribution in [0.5, 0.6) is 5.75 Å². The molecule has 0 radical (unpaired) electrons. The number of thiophene rings is 1. The Hall–Kier alpha value is -2.64. The number of nitrogens with zero attached hydrogens (tertiary/aromatic N) is 3. The Morgan fingerprint density at radius 1 is 1.30 bits per heavy atom. The number of fused-ring (bicyclic) bond motifs is 2. The fraction of sp³-hybridized carbons (Fsp3) is 0.300. The van der Waals surface area contributed by atoms with Gasteiger partial charge in [-0.25, -0.2) is 9.97 Å². The summed E-state index contributed by atoms with van der Waals surface area (Å²) in [6.45, 7) is 4.07. The second-order valence-electron chi connectivity index (χ2n) is 7.05. The minimum absolute atomic E-state index is 0.390. The second-order valence-corrected chi connectivity index (χ2v) is 8.10. The van der Waals surface area contributed by atoms with Gasteiger partial charge in [0.25, 0.3) is 0 Å². The standard InChI is InChI=1S/C20H21N5OS/c1-11-5-12-7-16(27-18(12)15(6-11)26-2)14-9-25(13-3-4-22-8-13)20-17(14)19(21)23-10-24-20/h5-7,9-10,13,22H,3-4,8H2,1-2H3,(H2,21,23,24)/t13-/m1/s1. The predicted octanol–water partition coefficient (Wildman–Crippen LogP) is 3.75. The highest BCUT2D eigenvalue weighted by atomic mass is 32.1. The normalized spacial score (nSPS) is 17.2. The summed E-state index contributed by atoms with van der Waals surface area (Å²) in [7, 11) is 1.72. The largest absolute Gasteiger partial charge is 0.495 e. The Morgan fingerprint density at radius 2 is 2.19 bits per heavy atom. The van der Waals surface area contributed by atoms with Crippen molar-refractivity contribution in [1.82, 2.24) is 19.9 Å². The molecule has 1 saturated heterocycles. The third-order valence-electron chi connectivity index (χ3n) is 5.28. The van der Waals surface area contributed by atoms with Crippen LogP contribution in [0.4, 0.5) is 5.82 Å². The van der Waals surface area contributed by atoms with Gasteiger partial charge >= 0.3 is 0 Å². The molecule has 0 spiro atoms. The minimum atomic E-state index is 0.390. The molecular formula is C20H21N5OS. The molecule has 1 fully saturated rings. The molecule has 0 amide bonds. The van der Waals surface area contributed by atoms with E-state index in [1.807, 2.05) is 0 Å². The summed E-state index contributed by atoms with van der Waals surface area (Å²) >= 11 is 1.72. The summed E-state index contributed by atoms with van der Waals surface area (Å²) in [5, 5.41) is 5.56. The van der Waals surface area contributed by atoms with E-state index in [4.69, 9.17) is 10.5 Å². The molecule has 4 aromatic rings. The van der Waals surface area contributed by atoms with Crippen molar-refractivity contribution >= 4 is 38.3 Å². The van der Waals surface area contributed by atoms with Gasteiger partial charge in [0.15, 0.2) is 0 Å². The van der Waals surface area contributed by atoms with E-state index >= 15 is 0 Å². The predicted molar refractivity (Wildman–Crippen MR) is 111 cm³/mol. The first-order valence-corrected chi connectivity index (χ1v) is 9.87. The summed E-state index contributed by atoms with van der Waals surface area (Å²) in [4.78, 5) is 9.97. The summed E-state index contributed by atoms with van der Waals surface area (Å²) in [6.07, 6.45) is 4.83. The van der Waals surface area contributed by atoms with Crippen LogP contribution in [0.25, 0.3) is 31.6 Å². The average Bonchev–Trinajstić information content (AvgIpc) is 3.38. The smallest absolute Gasteiger partial charge is 0.146 e. The fourth-order valence-electron chi connectivity index (χ4n) is 4.00. The molecule has 138 valence electrons. The maximum Gasteiger partial charge on any atom is 0.146 e. The van der Waals surface area contributed by atoms with Crippen LogP contribution in [0.15, 0.2) is 30.7 Å². The van der Waals surface area contributed by atoms with Crippen molar-refractivity contribution in [3.63, 3.8) is 0 Å². The van der Waals surface area contributed by atoms with Crippen LogP contribution >= 0.6 is 11.3 Å². The zero-order chi connectivity index (χ0) is 18.5. The van der Waals surface area contributed by atoms with Gasteiger partial charge in [0, 0.05) is 29.2 Å². The molecule has 5 rings (SSSR count). The van der Waals surface area contributed by atoms with E-state index in [9.17, 15) is 0 Å². The minimum Gasteiger partial charge on any atom is -0.495 e. The molecule has 0 unspecified atom stereocenters. The Bertz CT molecular complexity index is 1160. The molecule has 3 N–H and O–H groups in total. The zero-order valence-electron chi connectivity index (χ0n) is 15.3. The number of methoxy groups -OCH3 is 1. The van der Waals surface area contributed by atoms with Crippen LogP contribution in [0.3, 0.4) is 0 Å². The summed E-state index contributed by atoms with van der Waals surface area (Å²) in [5.74, 6) is 1.44. The first-order chi connectivity index (χ1) is 13.2. The Kier molecular flexibility index (Phi) is 3.80. The number of anilines is 1. The van der Waals surface area contributed by atoms with Crippen molar-refractivity contribution in [1.29, 1.82) is 0 Å². The number of nitrogens with one attached hydrogen (secondary N) is 1. The van der Waals surface area contributed by atoms with E-state index in [2.05, 4.69) is 51.2 Å². The van der Waals surface area contributed by atoms with Gasteiger partial charge in [-0.2, -0.15) is 0 Å². The molecule has 1 aliphatic rings. The van der Waals surface area contributed by atoms with Gasteiger partial charge in [0.1, 0.15) is 23.5 Å². The summed E-state index contributed by atoms with van der Waals surface area (Å²) in [5.41, 5.74) is 9.47. The molecule has 27 heavy (non-hydrogen) atoms. The highest BCUT2D eigenvalue weighted by Gasteiger charge is 2.23. The van der Waals surface area contributed by atoms with Crippen molar-refractivity contribution in [2.75, 3.05) is 25.9 Å². The third kappa shape index (κ3) is 2.57. The van der Waals surface area contributed by atoms with Gasteiger partial charge in [-0.3, -0.25) is 0 Å². The maximum atomic E-state index is 6.28. The van der Waals surface area contributed by atoms with E-state index in [1.165, 1.54) is 10.9 Å². The molecule has 1 aromatic carbocycles. The number of ether oxygens (including phenoxy) is 1. The third-order valence-corrected chi connectivity index (χ3v) is 6.48. The van der Waals surface area contributed by atoms with Gasteiger partial charge in [-0.15, -0.1) is 11.3 Å². The van der Waals surface area contributed by atoms with Crippen LogP contribution in [-0.4, -0.2) is 34.7 Å². The Morgan fingerprint density at radius 3 is 2.96 bits per heavy atom. The van der Waals surface area contributed by atoms with E-state index in [1.54, 1.807) is 24.8 Å². The molecule has 6 nitrogen and oxygen atoms in total. The molecule has 7 heteroatoms. The highest BCUT2D eigenvalue weighted by molar-refractivity contribution is 7.22. The number of benzene rings is 1. The van der Waals surface area contributed by atoms with Crippen LogP contribution in [-0.2, 0) is 0 Å². The second kappa shape index (κ2) is 6.21. The van der Waals surface area contributed by atoms with Crippen LogP contribution in [0.2, 0.25) is 0 Å². The van der Waals surface area contributed by atoms with E-state index < -0.39 is 0 Å². The Labute approximate surface area is 161 Å². The zero-order valence-corrected chi connectivity index (χ0v) is 16.1. The number of aryl methyl sites for hydroxylation is 1. The number of nitrogens with two attached hydrogens (primary N) is 1. The first-order valence-electron chi connectivity index (χ1n) is 9.06. The number of hydrogen-bond acceptors (Lipinski definition) is 6. The van der Waals surface area contributed by atoms with Gasteiger partial charge in [0.2, 0.25) is 0 Å². The average molecular weight is 379 g/mol. The van der Waals surface area contributed by atoms with Crippen molar-refractivity contribution < 1.29 is 4.74 Å². The van der Waals surface area contributed by atoms with Gasteiger partial charge in [0.05, 0.1) is 17.2 Å². The highest BCUT2D eigenvalue weighted by Crippen LogP contribution is 2.43. The molecule has 0 saturated carbocycles. The molecule has 0 aliphatic carbocycles. The molecule has 1 aliphatic heterocycles. The van der Waals surface area contributed by atoms with Gasteiger partial charge in [-0.1, -0.05) is 6.07 Å². The van der Waals surface area contributed by atoms with Crippen molar-refractivity contribution in [3.05, 3.63) is 36.3 Å². The van der Waals surface area contributed by atoms with Crippen LogP contribution < -0.4 is 15.8 Å². The van der Waals surface area contributed by atoms with Crippen molar-refractivity contribution in [3.8, 4) is 16.2 Å².